The molecule has 0 bridgehead atoms. The van der Waals surface area contributed by atoms with E-state index < -0.39 is 62.8 Å². The maximum Gasteiger partial charge on any atom is 0.165 e. The topological polar surface area (TPSA) is 0 Å². The van der Waals surface area contributed by atoms with Crippen LogP contribution in [0.15, 0.2) is 72.8 Å². The molecule has 9 heteroatoms. The van der Waals surface area contributed by atoms with Crippen LogP contribution in [-0.2, 0) is 45.3 Å². The Kier molecular flexibility index (Phi) is 26.3. The van der Waals surface area contributed by atoms with Crippen LogP contribution in [-0.4, -0.2) is 0 Å². The minimum Gasteiger partial charge on any atom is -0.207 e. The molecule has 0 amide bonds. The van der Waals surface area contributed by atoms with Gasteiger partial charge >= 0.3 is 0 Å². The molecule has 444 valence electrons. The zero-order valence-corrected chi connectivity index (χ0v) is 54.5. The molecule has 0 N–H and O–H groups in total. The molecule has 0 aliphatic rings. The molecule has 0 aliphatic heterocycles. The SMILES string of the molecule is CC(C)(C)c1c(F)cc(F)cc1F.CC(C)(C)c1c(F)ccc(Cl)c1F.CC(C)(C)c1c(F)ccc(F)c1F.CCc1cc(C)cc(CC)c1C(C)(C)C.Cc1cc(C)c(C(C)(C)C)c(C)c1.Cc1cc(C)c(C(C)(C)C)c(C)c1. The number of hydrogen-bond donors (Lipinski definition) is 0. The van der Waals surface area contributed by atoms with Crippen LogP contribution < -0.4 is 0 Å². The second kappa shape index (κ2) is 28.8. The van der Waals surface area contributed by atoms with Crippen molar-refractivity contribution < 1.29 is 35.1 Å². The van der Waals surface area contributed by atoms with Crippen LogP contribution in [0.25, 0.3) is 0 Å². The van der Waals surface area contributed by atoms with Gasteiger partial charge in [-0.15, -0.1) is 0 Å². The lowest BCUT2D eigenvalue weighted by molar-refractivity contribution is 0.436. The van der Waals surface area contributed by atoms with Crippen LogP contribution in [0.4, 0.5) is 35.1 Å². The van der Waals surface area contributed by atoms with Crippen LogP contribution in [0, 0.1) is 95.0 Å². The Labute approximate surface area is 484 Å². The van der Waals surface area contributed by atoms with Crippen LogP contribution >= 0.6 is 11.6 Å². The highest BCUT2D eigenvalue weighted by Crippen LogP contribution is 2.35. The van der Waals surface area contributed by atoms with E-state index in [1.807, 2.05) is 0 Å². The smallest absolute Gasteiger partial charge is 0.165 e. The van der Waals surface area contributed by atoms with Crippen molar-refractivity contribution in [1.29, 1.82) is 0 Å². The molecule has 0 heterocycles. The number of rotatable bonds is 2. The van der Waals surface area contributed by atoms with Gasteiger partial charge in [0.15, 0.2) is 11.6 Å². The summed E-state index contributed by atoms with van der Waals surface area (Å²) in [5.74, 6) is -6.55. The van der Waals surface area contributed by atoms with Gasteiger partial charge in [-0.2, -0.15) is 0 Å². The number of aryl methyl sites for hydroxylation is 9. The Morgan fingerprint density at radius 3 is 0.825 bits per heavy atom. The second-order valence-corrected chi connectivity index (χ2v) is 27.8. The Balaban J connectivity index is 0.000000480. The molecule has 6 aromatic carbocycles. The third kappa shape index (κ3) is 21.4. The first kappa shape index (κ1) is 73.1. The summed E-state index contributed by atoms with van der Waals surface area (Å²) >= 11 is 5.55. The van der Waals surface area contributed by atoms with E-state index in [1.165, 1.54) is 73.3 Å². The lowest BCUT2D eigenvalue weighted by Gasteiger charge is -2.26. The minimum absolute atomic E-state index is 0.0358. The highest BCUT2D eigenvalue weighted by molar-refractivity contribution is 6.30. The molecule has 0 spiro atoms. The van der Waals surface area contributed by atoms with Crippen molar-refractivity contribution in [2.75, 3.05) is 0 Å². The summed E-state index contributed by atoms with van der Waals surface area (Å²) in [6, 6.07) is 19.3. The quantitative estimate of drug-likeness (QED) is 0.120. The normalized spacial score (nSPS) is 11.8. The van der Waals surface area contributed by atoms with Crippen molar-refractivity contribution in [1.82, 2.24) is 0 Å². The highest BCUT2D eigenvalue weighted by atomic mass is 35.5. The summed E-state index contributed by atoms with van der Waals surface area (Å²) in [6.45, 7) is 55.6. The van der Waals surface area contributed by atoms with Gasteiger partial charge in [0.1, 0.15) is 34.9 Å². The van der Waals surface area contributed by atoms with Crippen molar-refractivity contribution in [3.8, 4) is 0 Å². The predicted octanol–water partition coefficient (Wildman–Crippen LogP) is 23.0. The predicted molar refractivity (Wildman–Crippen MR) is 327 cm³/mol. The average Bonchev–Trinajstić information content (AvgIpc) is 3.23. The van der Waals surface area contributed by atoms with Gasteiger partial charge in [0.05, 0.1) is 5.02 Å². The van der Waals surface area contributed by atoms with Crippen LogP contribution in [0.3, 0.4) is 0 Å². The first-order valence-corrected chi connectivity index (χ1v) is 28.1. The molecule has 0 fully saturated rings. The molecule has 0 aliphatic carbocycles. The molecule has 80 heavy (non-hydrogen) atoms. The standard InChI is InChI=1S/C15H24.2C13H20.C10H11ClF2.2C10H11F3/c1-7-12-9-11(3)10-13(8-2)14(12)15(4,5)6;2*1-9-7-10(2)12(11(3)8-9)13(4,5)6;1-10(2,3)8-7(12)5-4-6(11)9(8)13;1-10(2,3)9-7(12)4-6(11)5-8(9)13;1-10(2,3)8-6(11)4-5-7(12)9(8)13/h9-10H,7-8H2,1-6H3;2*7-8H,1-6H3;3*4-5H,1-3H3. The molecule has 0 aromatic heterocycles. The van der Waals surface area contributed by atoms with E-state index in [0.717, 1.165) is 25.0 Å². The molecule has 6 aromatic rings. The Morgan fingerprint density at radius 1 is 0.300 bits per heavy atom. The molecule has 0 unspecified atom stereocenters. The molecule has 0 saturated heterocycles. The average molecular weight is 1140 g/mol. The van der Waals surface area contributed by atoms with Gasteiger partial charge < -0.3 is 0 Å². The summed E-state index contributed by atoms with van der Waals surface area (Å²) in [7, 11) is 0. The van der Waals surface area contributed by atoms with E-state index in [-0.39, 0.29) is 38.0 Å². The van der Waals surface area contributed by atoms with Crippen molar-refractivity contribution in [2.45, 2.75) is 232 Å². The Morgan fingerprint density at radius 2 is 0.562 bits per heavy atom. The lowest BCUT2D eigenvalue weighted by atomic mass is 9.78. The molecule has 0 atom stereocenters. The molecule has 0 nitrogen and oxygen atoms in total. The third-order valence-corrected chi connectivity index (χ3v) is 13.4. The first-order chi connectivity index (χ1) is 36.0. The third-order valence-electron chi connectivity index (χ3n) is 13.2. The summed E-state index contributed by atoms with van der Waals surface area (Å²) in [4.78, 5) is 0. The van der Waals surface area contributed by atoms with Crippen LogP contribution in [0.2, 0.25) is 5.02 Å². The van der Waals surface area contributed by atoms with Gasteiger partial charge in [-0.25, -0.2) is 35.1 Å². The number of benzene rings is 6. The molecule has 6 rings (SSSR count). The zero-order chi connectivity index (χ0) is 62.8. The largest absolute Gasteiger partial charge is 0.207 e. The van der Waals surface area contributed by atoms with E-state index in [1.54, 1.807) is 67.9 Å². The fourth-order valence-electron chi connectivity index (χ4n) is 10.9. The van der Waals surface area contributed by atoms with Gasteiger partial charge in [0.2, 0.25) is 0 Å². The maximum absolute atomic E-state index is 13.4. The van der Waals surface area contributed by atoms with Crippen molar-refractivity contribution in [2.24, 2.45) is 0 Å². The van der Waals surface area contributed by atoms with Crippen LogP contribution in [0.5, 0.6) is 0 Å². The zero-order valence-electron chi connectivity index (χ0n) is 53.7. The van der Waals surface area contributed by atoms with Gasteiger partial charge in [-0.3, -0.25) is 0 Å². The van der Waals surface area contributed by atoms with E-state index in [9.17, 15) is 35.1 Å². The first-order valence-electron chi connectivity index (χ1n) is 27.8. The monoisotopic (exact) mass is 1140 g/mol. The second-order valence-electron chi connectivity index (χ2n) is 27.4. The van der Waals surface area contributed by atoms with Crippen LogP contribution in [0.1, 0.15) is 222 Å². The molecule has 0 radical (unpaired) electrons. The Bertz CT molecular complexity index is 2690. The molecular weight excluding hydrogens is 1040 g/mol. The summed E-state index contributed by atoms with van der Waals surface area (Å²) in [5.41, 5.74) is 16.0. The Hall–Kier alpha value is -4.95. The van der Waals surface area contributed by atoms with E-state index in [0.29, 0.717) is 12.1 Å². The summed E-state index contributed by atoms with van der Waals surface area (Å²) in [6.07, 6.45) is 2.28. The van der Waals surface area contributed by atoms with Crippen molar-refractivity contribution in [3.63, 3.8) is 0 Å². The lowest BCUT2D eigenvalue weighted by Crippen LogP contribution is -2.17. The minimum atomic E-state index is -1.09. The van der Waals surface area contributed by atoms with Gasteiger partial charge in [0.25, 0.3) is 0 Å². The van der Waals surface area contributed by atoms with E-state index >= 15 is 0 Å². The van der Waals surface area contributed by atoms with Gasteiger partial charge in [-0.1, -0.05) is 203 Å². The fourth-order valence-corrected chi connectivity index (χ4v) is 11.0. The molecule has 0 saturated carbocycles. The maximum atomic E-state index is 13.4. The van der Waals surface area contributed by atoms with Gasteiger partial charge in [-0.05, 0) is 168 Å². The van der Waals surface area contributed by atoms with E-state index in [2.05, 4.69) is 161 Å². The summed E-state index contributed by atoms with van der Waals surface area (Å²) in [5, 5.41) is -0.0358. The van der Waals surface area contributed by atoms with Crippen molar-refractivity contribution >= 4 is 11.6 Å². The van der Waals surface area contributed by atoms with Crippen molar-refractivity contribution in [3.05, 3.63) is 208 Å². The number of halogens is 9. The highest BCUT2D eigenvalue weighted by Gasteiger charge is 2.27. The van der Waals surface area contributed by atoms with Gasteiger partial charge in [0, 0.05) is 28.8 Å². The number of hydrogen-bond acceptors (Lipinski definition) is 0. The fraction of sp³-hybridized carbons (Fsp3) is 0.493. The van der Waals surface area contributed by atoms with E-state index in [4.69, 9.17) is 11.6 Å². The summed E-state index contributed by atoms with van der Waals surface area (Å²) < 4.78 is 104. The molecular formula is C71H97ClF8.